The molecule has 0 saturated carbocycles. The molecule has 2 aliphatic rings. The molecule has 1 atom stereocenters. The Balaban J connectivity index is 1.44. The highest BCUT2D eigenvalue weighted by molar-refractivity contribution is 14.1. The predicted molar refractivity (Wildman–Crippen MR) is 117 cm³/mol. The summed E-state index contributed by atoms with van der Waals surface area (Å²) in [5, 5.41) is 0. The lowest BCUT2D eigenvalue weighted by Gasteiger charge is -2.38. The molecule has 0 radical (unpaired) electrons. The van der Waals surface area contributed by atoms with Gasteiger partial charge < -0.3 is 9.64 Å². The highest BCUT2D eigenvalue weighted by atomic mass is 127. The van der Waals surface area contributed by atoms with E-state index >= 15 is 0 Å². The summed E-state index contributed by atoms with van der Waals surface area (Å²) in [6.45, 7) is 3.06. The molecule has 2 fully saturated rings. The molecule has 4 rings (SSSR count). The van der Waals surface area contributed by atoms with Crippen molar-refractivity contribution in [3.8, 4) is 5.75 Å². The van der Waals surface area contributed by atoms with Crippen molar-refractivity contribution in [1.29, 1.82) is 0 Å². The first-order valence-electron chi connectivity index (χ1n) is 9.33. The maximum atomic E-state index is 13.0. The summed E-state index contributed by atoms with van der Waals surface area (Å²) >= 11 is 2.21. The summed E-state index contributed by atoms with van der Waals surface area (Å²) in [6.07, 6.45) is 0.249. The quantitative estimate of drug-likeness (QED) is 0.487. The minimum atomic E-state index is -0.369. The molecule has 0 N–H and O–H groups in total. The fourth-order valence-electron chi connectivity index (χ4n) is 3.93. The Labute approximate surface area is 178 Å². The first-order valence-corrected chi connectivity index (χ1v) is 10.4. The van der Waals surface area contributed by atoms with Gasteiger partial charge in [0.05, 0.1) is 30.9 Å². The van der Waals surface area contributed by atoms with Crippen molar-refractivity contribution in [2.75, 3.05) is 43.1 Å². The summed E-state index contributed by atoms with van der Waals surface area (Å²) in [5.41, 5.74) is 1.73. The Bertz CT molecular complexity index is 879. The molecule has 2 aromatic carbocycles. The monoisotopic (exact) mass is 491 g/mol. The Morgan fingerprint density at radius 3 is 2.32 bits per heavy atom. The molecule has 0 bridgehead atoms. The number of halogens is 1. The number of nitrogens with zero attached hydrogens (tertiary/aromatic N) is 3. The molecule has 0 spiro atoms. The Morgan fingerprint density at radius 1 is 0.964 bits per heavy atom. The number of para-hydroxylation sites is 2. The second kappa shape index (κ2) is 8.08. The van der Waals surface area contributed by atoms with Crippen LogP contribution in [0.5, 0.6) is 5.75 Å². The second-order valence-corrected chi connectivity index (χ2v) is 8.20. The van der Waals surface area contributed by atoms with Crippen molar-refractivity contribution < 1.29 is 14.3 Å². The van der Waals surface area contributed by atoms with E-state index in [1.165, 1.54) is 4.90 Å². The van der Waals surface area contributed by atoms with E-state index in [9.17, 15) is 9.59 Å². The standard InChI is InChI=1S/C21H22IN3O3/c1-28-19-5-3-2-4-17(19)23-10-12-24(13-11-23)18-14-20(26)25(21(18)27)16-8-6-15(22)7-9-16/h2-9,18H,10-14H2,1H3/t18-/m1/s1. The van der Waals surface area contributed by atoms with Crippen molar-refractivity contribution in [1.82, 2.24) is 4.90 Å². The molecule has 2 aromatic rings. The number of piperazine rings is 1. The number of methoxy groups -OCH3 is 1. The SMILES string of the molecule is COc1ccccc1N1CCN([C@@H]2CC(=O)N(c3ccc(I)cc3)C2=O)CC1. The number of benzene rings is 2. The van der Waals surface area contributed by atoms with Gasteiger partial charge in [0.1, 0.15) is 5.75 Å². The minimum absolute atomic E-state index is 0.114. The number of anilines is 2. The lowest BCUT2D eigenvalue weighted by atomic mass is 10.1. The molecule has 28 heavy (non-hydrogen) atoms. The average Bonchev–Trinajstić information content (AvgIpc) is 3.03. The fourth-order valence-corrected chi connectivity index (χ4v) is 4.29. The topological polar surface area (TPSA) is 53.1 Å². The van der Waals surface area contributed by atoms with Crippen molar-refractivity contribution in [3.63, 3.8) is 0 Å². The predicted octanol–water partition coefficient (Wildman–Crippen LogP) is 2.75. The first-order chi connectivity index (χ1) is 13.6. The van der Waals surface area contributed by atoms with Crippen LogP contribution < -0.4 is 14.5 Å². The molecule has 0 unspecified atom stereocenters. The van der Waals surface area contributed by atoms with E-state index in [0.29, 0.717) is 5.69 Å². The molecule has 0 aromatic heterocycles. The molecule has 2 heterocycles. The highest BCUT2D eigenvalue weighted by Crippen LogP contribution is 2.30. The molecule has 6 nitrogen and oxygen atoms in total. The third-order valence-electron chi connectivity index (χ3n) is 5.39. The van der Waals surface area contributed by atoms with Crippen molar-refractivity contribution >= 4 is 45.8 Å². The molecule has 2 aliphatic heterocycles. The van der Waals surface area contributed by atoms with Gasteiger partial charge in [-0.1, -0.05) is 12.1 Å². The van der Waals surface area contributed by atoms with Crippen LogP contribution in [-0.2, 0) is 9.59 Å². The Morgan fingerprint density at radius 2 is 1.64 bits per heavy atom. The van der Waals surface area contributed by atoms with E-state index in [2.05, 4.69) is 38.5 Å². The highest BCUT2D eigenvalue weighted by Gasteiger charge is 2.43. The lowest BCUT2D eigenvalue weighted by Crippen LogP contribution is -2.52. The van der Waals surface area contributed by atoms with Gasteiger partial charge in [0.2, 0.25) is 5.91 Å². The first kappa shape index (κ1) is 19.2. The average molecular weight is 491 g/mol. The van der Waals surface area contributed by atoms with Gasteiger partial charge in [0.15, 0.2) is 0 Å². The van der Waals surface area contributed by atoms with Crippen LogP contribution in [0.3, 0.4) is 0 Å². The summed E-state index contributed by atoms with van der Waals surface area (Å²) in [5.74, 6) is 0.619. The maximum Gasteiger partial charge on any atom is 0.251 e. The van der Waals surface area contributed by atoms with Gasteiger partial charge in [-0.05, 0) is 59.0 Å². The number of imide groups is 1. The van der Waals surface area contributed by atoms with Gasteiger partial charge in [0.25, 0.3) is 5.91 Å². The van der Waals surface area contributed by atoms with Gasteiger partial charge in [-0.15, -0.1) is 0 Å². The van der Waals surface area contributed by atoms with Crippen LogP contribution in [0.25, 0.3) is 0 Å². The lowest BCUT2D eigenvalue weighted by molar-refractivity contribution is -0.123. The largest absolute Gasteiger partial charge is 0.495 e. The number of hydrogen-bond acceptors (Lipinski definition) is 5. The van der Waals surface area contributed by atoms with Gasteiger partial charge >= 0.3 is 0 Å². The van der Waals surface area contributed by atoms with Crippen LogP contribution in [0.4, 0.5) is 11.4 Å². The zero-order chi connectivity index (χ0) is 19.7. The van der Waals surface area contributed by atoms with Crippen LogP contribution in [0, 0.1) is 3.57 Å². The smallest absolute Gasteiger partial charge is 0.251 e. The second-order valence-electron chi connectivity index (χ2n) is 6.96. The third kappa shape index (κ3) is 3.60. The summed E-state index contributed by atoms with van der Waals surface area (Å²) in [7, 11) is 1.68. The summed E-state index contributed by atoms with van der Waals surface area (Å²) in [6, 6.07) is 15.1. The van der Waals surface area contributed by atoms with E-state index in [-0.39, 0.29) is 24.3 Å². The van der Waals surface area contributed by atoms with Crippen LogP contribution >= 0.6 is 22.6 Å². The number of carbonyl (C=O) groups is 2. The summed E-state index contributed by atoms with van der Waals surface area (Å²) < 4.78 is 6.54. The van der Waals surface area contributed by atoms with Gasteiger partial charge in [0, 0.05) is 29.7 Å². The van der Waals surface area contributed by atoms with Gasteiger partial charge in [-0.2, -0.15) is 0 Å². The van der Waals surface area contributed by atoms with E-state index in [4.69, 9.17) is 4.74 Å². The number of hydrogen-bond donors (Lipinski definition) is 0. The third-order valence-corrected chi connectivity index (χ3v) is 6.11. The minimum Gasteiger partial charge on any atom is -0.495 e. The zero-order valence-corrected chi connectivity index (χ0v) is 17.8. The summed E-state index contributed by atoms with van der Waals surface area (Å²) in [4.78, 5) is 31.3. The van der Waals surface area contributed by atoms with E-state index in [1.807, 2.05) is 42.5 Å². The molecular weight excluding hydrogens is 469 g/mol. The van der Waals surface area contributed by atoms with E-state index < -0.39 is 0 Å². The van der Waals surface area contributed by atoms with Crippen molar-refractivity contribution in [2.45, 2.75) is 12.5 Å². The van der Waals surface area contributed by atoms with Crippen LogP contribution in [0.1, 0.15) is 6.42 Å². The Kier molecular flexibility index (Phi) is 5.54. The molecule has 0 aliphatic carbocycles. The van der Waals surface area contributed by atoms with Crippen molar-refractivity contribution in [3.05, 3.63) is 52.1 Å². The molecule has 2 saturated heterocycles. The van der Waals surface area contributed by atoms with Crippen molar-refractivity contribution in [2.24, 2.45) is 0 Å². The number of ether oxygens (including phenoxy) is 1. The number of rotatable bonds is 4. The molecule has 2 amide bonds. The zero-order valence-electron chi connectivity index (χ0n) is 15.7. The fraction of sp³-hybridized carbons (Fsp3) is 0.333. The Hall–Kier alpha value is -2.13. The normalized spacial score (nSPS) is 20.7. The van der Waals surface area contributed by atoms with Crippen LogP contribution in [-0.4, -0.2) is 56.0 Å². The molecule has 7 heteroatoms. The number of carbonyl (C=O) groups excluding carboxylic acids is 2. The van der Waals surface area contributed by atoms with Crippen LogP contribution in [0.2, 0.25) is 0 Å². The maximum absolute atomic E-state index is 13.0. The number of amides is 2. The van der Waals surface area contributed by atoms with E-state index in [1.54, 1.807) is 7.11 Å². The van der Waals surface area contributed by atoms with Crippen LogP contribution in [0.15, 0.2) is 48.5 Å². The van der Waals surface area contributed by atoms with Gasteiger partial charge in [-0.25, -0.2) is 4.90 Å². The van der Waals surface area contributed by atoms with E-state index in [0.717, 1.165) is 41.2 Å². The van der Waals surface area contributed by atoms with Gasteiger partial charge in [-0.3, -0.25) is 14.5 Å². The molecule has 146 valence electrons. The molecular formula is C21H22IN3O3.